The fraction of sp³-hybridized carbons (Fsp3) is 0.462. The second kappa shape index (κ2) is 5.84. The largest absolute Gasteiger partial charge is 0.490 e. The average molecular weight is 249 g/mol. The van der Waals surface area contributed by atoms with E-state index in [0.717, 1.165) is 19.7 Å². The van der Waals surface area contributed by atoms with Crippen molar-refractivity contribution in [1.82, 2.24) is 4.90 Å². The van der Waals surface area contributed by atoms with Gasteiger partial charge in [0, 0.05) is 13.1 Å². The molecule has 3 N–H and O–H groups in total. The first kappa shape index (κ1) is 12.9. The number of rotatable bonds is 4. The summed E-state index contributed by atoms with van der Waals surface area (Å²) in [6, 6.07) is 7.32. The molecule has 1 aromatic rings. The van der Waals surface area contributed by atoms with Gasteiger partial charge < -0.3 is 20.1 Å². The molecule has 1 aliphatic heterocycles. The van der Waals surface area contributed by atoms with Crippen LogP contribution in [-0.4, -0.2) is 50.2 Å². The molecule has 5 heteroatoms. The summed E-state index contributed by atoms with van der Waals surface area (Å²) in [6.45, 7) is 3.04. The van der Waals surface area contributed by atoms with Gasteiger partial charge in [0.25, 0.3) is 0 Å². The van der Waals surface area contributed by atoms with Gasteiger partial charge in [-0.15, -0.1) is 0 Å². The number of hydrogen-bond donors (Lipinski definition) is 2. The first-order valence-corrected chi connectivity index (χ1v) is 6.03. The lowest BCUT2D eigenvalue weighted by atomic mass is 10.2. The van der Waals surface area contributed by atoms with Crippen LogP contribution in [0.3, 0.4) is 0 Å². The SMILES string of the molecule is CN1CCOC(COc2ccccc2C(=N)N)C1. The summed E-state index contributed by atoms with van der Waals surface area (Å²) in [5, 5.41) is 7.49. The topological polar surface area (TPSA) is 71.6 Å². The van der Waals surface area contributed by atoms with E-state index in [0.29, 0.717) is 17.9 Å². The monoisotopic (exact) mass is 249 g/mol. The molecule has 0 amide bonds. The van der Waals surface area contributed by atoms with Gasteiger partial charge in [-0.1, -0.05) is 12.1 Å². The Bertz CT molecular complexity index is 422. The highest BCUT2D eigenvalue weighted by molar-refractivity contribution is 5.97. The standard InChI is InChI=1S/C13H19N3O2/c1-16-6-7-17-10(8-16)9-18-12-5-3-2-4-11(12)13(14)15/h2-5,10H,6-9H2,1H3,(H3,14,15). The van der Waals surface area contributed by atoms with E-state index >= 15 is 0 Å². The van der Waals surface area contributed by atoms with Crippen LogP contribution in [0.5, 0.6) is 5.75 Å². The number of ether oxygens (including phenoxy) is 2. The van der Waals surface area contributed by atoms with Gasteiger partial charge in [-0.2, -0.15) is 0 Å². The summed E-state index contributed by atoms with van der Waals surface area (Å²) < 4.78 is 11.3. The van der Waals surface area contributed by atoms with E-state index in [1.807, 2.05) is 18.2 Å². The van der Waals surface area contributed by atoms with Crippen LogP contribution >= 0.6 is 0 Å². The van der Waals surface area contributed by atoms with Crippen molar-refractivity contribution >= 4 is 5.84 Å². The molecule has 0 spiro atoms. The smallest absolute Gasteiger partial charge is 0.130 e. The van der Waals surface area contributed by atoms with Crippen molar-refractivity contribution in [2.24, 2.45) is 5.73 Å². The van der Waals surface area contributed by atoms with Crippen molar-refractivity contribution in [3.05, 3.63) is 29.8 Å². The Hall–Kier alpha value is -1.59. The number of amidine groups is 1. The molecule has 0 aromatic heterocycles. The van der Waals surface area contributed by atoms with Crippen molar-refractivity contribution in [3.63, 3.8) is 0 Å². The second-order valence-corrected chi connectivity index (χ2v) is 4.48. The Kier molecular flexibility index (Phi) is 4.17. The van der Waals surface area contributed by atoms with Crippen molar-refractivity contribution in [2.75, 3.05) is 33.4 Å². The molecule has 1 saturated heterocycles. The third kappa shape index (κ3) is 3.21. The van der Waals surface area contributed by atoms with Crippen LogP contribution in [0.15, 0.2) is 24.3 Å². The first-order valence-electron chi connectivity index (χ1n) is 6.03. The van der Waals surface area contributed by atoms with Gasteiger partial charge in [0.15, 0.2) is 0 Å². The maximum atomic E-state index is 7.49. The Morgan fingerprint density at radius 2 is 2.33 bits per heavy atom. The zero-order valence-corrected chi connectivity index (χ0v) is 10.6. The maximum Gasteiger partial charge on any atom is 0.130 e. The van der Waals surface area contributed by atoms with E-state index in [2.05, 4.69) is 11.9 Å². The van der Waals surface area contributed by atoms with E-state index in [1.165, 1.54) is 0 Å². The van der Waals surface area contributed by atoms with Crippen molar-refractivity contribution in [3.8, 4) is 5.75 Å². The van der Waals surface area contributed by atoms with Crippen molar-refractivity contribution in [1.29, 1.82) is 5.41 Å². The zero-order chi connectivity index (χ0) is 13.0. The average Bonchev–Trinajstić information content (AvgIpc) is 2.37. The maximum absolute atomic E-state index is 7.49. The molecule has 2 rings (SSSR count). The minimum absolute atomic E-state index is 0.0206. The minimum Gasteiger partial charge on any atom is -0.490 e. The third-order valence-electron chi connectivity index (χ3n) is 2.94. The summed E-state index contributed by atoms with van der Waals surface area (Å²) in [4.78, 5) is 2.22. The van der Waals surface area contributed by atoms with Gasteiger partial charge in [-0.05, 0) is 19.2 Å². The molecular formula is C13H19N3O2. The summed E-state index contributed by atoms with van der Waals surface area (Å²) >= 11 is 0. The lowest BCUT2D eigenvalue weighted by Crippen LogP contribution is -2.42. The molecule has 0 aliphatic carbocycles. The van der Waals surface area contributed by atoms with Crippen LogP contribution in [0.2, 0.25) is 0 Å². The molecular weight excluding hydrogens is 230 g/mol. The van der Waals surface area contributed by atoms with E-state index in [4.69, 9.17) is 20.6 Å². The lowest BCUT2D eigenvalue weighted by molar-refractivity contribution is -0.0403. The molecule has 0 saturated carbocycles. The van der Waals surface area contributed by atoms with Gasteiger partial charge in [-0.3, -0.25) is 5.41 Å². The molecule has 18 heavy (non-hydrogen) atoms. The summed E-state index contributed by atoms with van der Waals surface area (Å²) in [6.07, 6.45) is 0.0729. The fourth-order valence-corrected chi connectivity index (χ4v) is 1.97. The van der Waals surface area contributed by atoms with Crippen LogP contribution in [0, 0.1) is 5.41 Å². The Labute approximate surface area is 107 Å². The number of likely N-dealkylation sites (N-methyl/N-ethyl adjacent to an activating group) is 1. The molecule has 1 heterocycles. The fourth-order valence-electron chi connectivity index (χ4n) is 1.97. The molecule has 5 nitrogen and oxygen atoms in total. The van der Waals surface area contributed by atoms with Crippen LogP contribution in [0.25, 0.3) is 0 Å². The van der Waals surface area contributed by atoms with Crippen LogP contribution in [0.4, 0.5) is 0 Å². The van der Waals surface area contributed by atoms with Crippen LogP contribution in [-0.2, 0) is 4.74 Å². The summed E-state index contributed by atoms with van der Waals surface area (Å²) in [5.41, 5.74) is 6.14. The zero-order valence-electron chi connectivity index (χ0n) is 10.6. The first-order chi connectivity index (χ1) is 8.66. The molecule has 1 aliphatic rings. The van der Waals surface area contributed by atoms with Gasteiger partial charge >= 0.3 is 0 Å². The van der Waals surface area contributed by atoms with E-state index in [1.54, 1.807) is 6.07 Å². The van der Waals surface area contributed by atoms with Gasteiger partial charge in [0.2, 0.25) is 0 Å². The summed E-state index contributed by atoms with van der Waals surface area (Å²) in [7, 11) is 2.07. The highest BCUT2D eigenvalue weighted by atomic mass is 16.5. The second-order valence-electron chi connectivity index (χ2n) is 4.48. The number of morpholine rings is 1. The number of nitrogens with two attached hydrogens (primary N) is 1. The van der Waals surface area contributed by atoms with Gasteiger partial charge in [0.1, 0.15) is 24.3 Å². The molecule has 98 valence electrons. The lowest BCUT2D eigenvalue weighted by Gasteiger charge is -2.30. The normalized spacial score (nSPS) is 20.6. The molecule has 1 fully saturated rings. The highest BCUT2D eigenvalue weighted by Crippen LogP contribution is 2.18. The number of hydrogen-bond acceptors (Lipinski definition) is 4. The Morgan fingerprint density at radius 1 is 1.56 bits per heavy atom. The Morgan fingerprint density at radius 3 is 3.06 bits per heavy atom. The van der Waals surface area contributed by atoms with Gasteiger partial charge in [0.05, 0.1) is 12.2 Å². The van der Waals surface area contributed by atoms with Crippen LogP contribution < -0.4 is 10.5 Å². The van der Waals surface area contributed by atoms with Crippen molar-refractivity contribution in [2.45, 2.75) is 6.10 Å². The Balaban J connectivity index is 1.95. The van der Waals surface area contributed by atoms with E-state index < -0.39 is 0 Å². The van der Waals surface area contributed by atoms with Crippen molar-refractivity contribution < 1.29 is 9.47 Å². The third-order valence-corrected chi connectivity index (χ3v) is 2.94. The minimum atomic E-state index is 0.0206. The number of nitrogens with zero attached hydrogens (tertiary/aromatic N) is 1. The van der Waals surface area contributed by atoms with Gasteiger partial charge in [-0.25, -0.2) is 0 Å². The number of nitrogen functional groups attached to an aromatic ring is 1. The molecule has 1 atom stereocenters. The van der Waals surface area contributed by atoms with E-state index in [-0.39, 0.29) is 11.9 Å². The molecule has 1 unspecified atom stereocenters. The quantitative estimate of drug-likeness (QED) is 0.608. The van der Waals surface area contributed by atoms with Crippen LogP contribution in [0.1, 0.15) is 5.56 Å². The molecule has 0 bridgehead atoms. The number of benzene rings is 1. The number of nitrogens with one attached hydrogen (secondary N) is 1. The summed E-state index contributed by atoms with van der Waals surface area (Å²) in [5.74, 6) is 0.661. The predicted molar refractivity (Wildman–Crippen MR) is 70.2 cm³/mol. The van der Waals surface area contributed by atoms with E-state index in [9.17, 15) is 0 Å². The molecule has 1 aromatic carbocycles. The molecule has 0 radical (unpaired) electrons. The highest BCUT2D eigenvalue weighted by Gasteiger charge is 2.18. The predicted octanol–water partition coefficient (Wildman–Crippen LogP) is 0.680. The number of para-hydroxylation sites is 1.